The van der Waals surface area contributed by atoms with Gasteiger partial charge in [0, 0.05) is 42.8 Å². The number of rotatable bonds is 2. The van der Waals surface area contributed by atoms with Crippen LogP contribution in [-0.2, 0) is 4.79 Å². The van der Waals surface area contributed by atoms with E-state index in [4.69, 9.17) is 5.73 Å². The molecule has 4 amide bonds. The standard InChI is InChI=1S/C18H26N4O3/c1-12-11-13(5-6-14(12)15(19)23)20-17(25)22-9-7-21(8-10-22)16(24)18(2,3)4/h5-6,11H,7-10H2,1-4H3,(H2,19,23)(H,20,25). The number of hydrogen-bond acceptors (Lipinski definition) is 3. The predicted octanol–water partition coefficient (Wildman–Crippen LogP) is 1.82. The fraction of sp³-hybridized carbons (Fsp3) is 0.500. The third kappa shape index (κ3) is 4.49. The van der Waals surface area contributed by atoms with E-state index >= 15 is 0 Å². The van der Waals surface area contributed by atoms with Crippen LogP contribution in [0.2, 0.25) is 0 Å². The average molecular weight is 346 g/mol. The van der Waals surface area contributed by atoms with E-state index in [1.807, 2.05) is 20.8 Å². The fourth-order valence-electron chi connectivity index (χ4n) is 2.81. The van der Waals surface area contributed by atoms with Crippen LogP contribution in [0, 0.1) is 12.3 Å². The van der Waals surface area contributed by atoms with Gasteiger partial charge in [-0.05, 0) is 30.7 Å². The van der Waals surface area contributed by atoms with Crippen LogP contribution < -0.4 is 11.1 Å². The molecular weight excluding hydrogens is 320 g/mol. The van der Waals surface area contributed by atoms with Gasteiger partial charge in [0.2, 0.25) is 11.8 Å². The first-order chi connectivity index (χ1) is 11.6. The molecule has 3 N–H and O–H groups in total. The Morgan fingerprint density at radius 3 is 2.08 bits per heavy atom. The minimum Gasteiger partial charge on any atom is -0.366 e. The number of anilines is 1. The Morgan fingerprint density at radius 2 is 1.60 bits per heavy atom. The number of carbonyl (C=O) groups excluding carboxylic acids is 3. The Balaban J connectivity index is 1.94. The van der Waals surface area contributed by atoms with Crippen LogP contribution >= 0.6 is 0 Å². The molecule has 1 saturated heterocycles. The van der Waals surface area contributed by atoms with Gasteiger partial charge in [-0.2, -0.15) is 0 Å². The quantitative estimate of drug-likeness (QED) is 0.855. The number of hydrogen-bond donors (Lipinski definition) is 2. The summed E-state index contributed by atoms with van der Waals surface area (Å²) < 4.78 is 0. The zero-order chi connectivity index (χ0) is 18.8. The molecular formula is C18H26N4O3. The minimum atomic E-state index is -0.491. The van der Waals surface area contributed by atoms with Gasteiger partial charge in [-0.15, -0.1) is 0 Å². The third-order valence-electron chi connectivity index (χ3n) is 4.24. The van der Waals surface area contributed by atoms with Crippen LogP contribution in [-0.4, -0.2) is 53.8 Å². The third-order valence-corrected chi connectivity index (χ3v) is 4.24. The Hall–Kier alpha value is -2.57. The molecule has 2 rings (SSSR count). The van der Waals surface area contributed by atoms with Crippen molar-refractivity contribution in [3.05, 3.63) is 29.3 Å². The van der Waals surface area contributed by atoms with Gasteiger partial charge in [-0.1, -0.05) is 20.8 Å². The maximum atomic E-state index is 12.4. The van der Waals surface area contributed by atoms with Crippen molar-refractivity contribution >= 4 is 23.5 Å². The molecule has 7 heteroatoms. The van der Waals surface area contributed by atoms with E-state index < -0.39 is 11.3 Å². The summed E-state index contributed by atoms with van der Waals surface area (Å²) >= 11 is 0. The number of urea groups is 1. The molecule has 1 aliphatic heterocycles. The SMILES string of the molecule is Cc1cc(NC(=O)N2CCN(C(=O)C(C)(C)C)CC2)ccc1C(N)=O. The number of carbonyl (C=O) groups is 3. The topological polar surface area (TPSA) is 95.7 Å². The zero-order valence-corrected chi connectivity index (χ0v) is 15.3. The summed E-state index contributed by atoms with van der Waals surface area (Å²) in [5.41, 5.74) is 6.63. The molecule has 7 nitrogen and oxygen atoms in total. The van der Waals surface area contributed by atoms with Crippen molar-refractivity contribution in [2.45, 2.75) is 27.7 Å². The average Bonchev–Trinajstić information content (AvgIpc) is 2.53. The van der Waals surface area contributed by atoms with Crippen molar-refractivity contribution in [2.24, 2.45) is 11.1 Å². The number of nitrogens with two attached hydrogens (primary N) is 1. The van der Waals surface area contributed by atoms with Crippen LogP contribution in [0.25, 0.3) is 0 Å². The molecule has 0 radical (unpaired) electrons. The van der Waals surface area contributed by atoms with Gasteiger partial charge in [-0.25, -0.2) is 4.79 Å². The van der Waals surface area contributed by atoms with Gasteiger partial charge >= 0.3 is 6.03 Å². The molecule has 25 heavy (non-hydrogen) atoms. The van der Waals surface area contributed by atoms with Gasteiger partial charge in [0.05, 0.1) is 0 Å². The highest BCUT2D eigenvalue weighted by Gasteiger charge is 2.30. The predicted molar refractivity (Wildman–Crippen MR) is 96.3 cm³/mol. The molecule has 0 bridgehead atoms. The fourth-order valence-corrected chi connectivity index (χ4v) is 2.81. The normalized spacial score (nSPS) is 15.0. The number of amides is 4. The van der Waals surface area contributed by atoms with E-state index in [2.05, 4.69) is 5.32 Å². The van der Waals surface area contributed by atoms with Crippen molar-refractivity contribution in [1.82, 2.24) is 9.80 Å². The largest absolute Gasteiger partial charge is 0.366 e. The Morgan fingerprint density at radius 1 is 1.04 bits per heavy atom. The van der Waals surface area contributed by atoms with Crippen LogP contribution in [0.5, 0.6) is 0 Å². The molecule has 1 aromatic rings. The molecule has 0 atom stereocenters. The Bertz CT molecular complexity index is 686. The monoisotopic (exact) mass is 346 g/mol. The summed E-state index contributed by atoms with van der Waals surface area (Å²) in [7, 11) is 0. The van der Waals surface area contributed by atoms with E-state index in [9.17, 15) is 14.4 Å². The number of aryl methyl sites for hydroxylation is 1. The molecule has 0 spiro atoms. The lowest BCUT2D eigenvalue weighted by molar-refractivity contribution is -0.140. The summed E-state index contributed by atoms with van der Waals surface area (Å²) in [6.07, 6.45) is 0. The van der Waals surface area contributed by atoms with Crippen LogP contribution in [0.4, 0.5) is 10.5 Å². The number of benzene rings is 1. The lowest BCUT2D eigenvalue weighted by Gasteiger charge is -2.37. The molecule has 1 aliphatic rings. The van der Waals surface area contributed by atoms with E-state index in [0.717, 1.165) is 0 Å². The minimum absolute atomic E-state index is 0.102. The van der Waals surface area contributed by atoms with Crippen molar-refractivity contribution in [3.63, 3.8) is 0 Å². The van der Waals surface area contributed by atoms with E-state index in [-0.39, 0.29) is 11.9 Å². The van der Waals surface area contributed by atoms with E-state index in [0.29, 0.717) is 43.0 Å². The van der Waals surface area contributed by atoms with Gasteiger partial charge in [0.15, 0.2) is 0 Å². The number of piperazine rings is 1. The van der Waals surface area contributed by atoms with Crippen molar-refractivity contribution in [3.8, 4) is 0 Å². The van der Waals surface area contributed by atoms with Crippen molar-refractivity contribution in [1.29, 1.82) is 0 Å². The Labute approximate surface area is 148 Å². The maximum absolute atomic E-state index is 12.4. The zero-order valence-electron chi connectivity index (χ0n) is 15.3. The van der Waals surface area contributed by atoms with Crippen molar-refractivity contribution in [2.75, 3.05) is 31.5 Å². The van der Waals surface area contributed by atoms with Gasteiger partial charge in [0.1, 0.15) is 0 Å². The first kappa shape index (κ1) is 18.8. The highest BCUT2D eigenvalue weighted by molar-refractivity contribution is 5.96. The molecule has 1 heterocycles. The van der Waals surface area contributed by atoms with E-state index in [1.54, 1.807) is 34.9 Å². The van der Waals surface area contributed by atoms with E-state index in [1.165, 1.54) is 0 Å². The molecule has 0 aromatic heterocycles. The molecule has 1 aromatic carbocycles. The first-order valence-corrected chi connectivity index (χ1v) is 8.35. The van der Waals surface area contributed by atoms with Gasteiger partial charge < -0.3 is 20.9 Å². The lowest BCUT2D eigenvalue weighted by atomic mass is 9.94. The highest BCUT2D eigenvalue weighted by Crippen LogP contribution is 2.19. The van der Waals surface area contributed by atoms with Crippen LogP contribution in [0.1, 0.15) is 36.7 Å². The van der Waals surface area contributed by atoms with Gasteiger partial charge in [-0.3, -0.25) is 9.59 Å². The first-order valence-electron chi connectivity index (χ1n) is 8.35. The second-order valence-corrected chi connectivity index (χ2v) is 7.35. The maximum Gasteiger partial charge on any atom is 0.321 e. The Kier molecular flexibility index (Phi) is 5.35. The summed E-state index contributed by atoms with van der Waals surface area (Å²) in [6.45, 7) is 9.50. The van der Waals surface area contributed by atoms with Crippen molar-refractivity contribution < 1.29 is 14.4 Å². The number of nitrogens with one attached hydrogen (secondary N) is 1. The highest BCUT2D eigenvalue weighted by atomic mass is 16.2. The van der Waals surface area contributed by atoms with Crippen LogP contribution in [0.15, 0.2) is 18.2 Å². The molecule has 1 fully saturated rings. The smallest absolute Gasteiger partial charge is 0.321 e. The number of primary amides is 1. The second-order valence-electron chi connectivity index (χ2n) is 7.35. The molecule has 0 saturated carbocycles. The lowest BCUT2D eigenvalue weighted by Crippen LogP contribution is -2.53. The molecule has 0 aliphatic carbocycles. The summed E-state index contributed by atoms with van der Waals surface area (Å²) in [5.74, 6) is -0.389. The van der Waals surface area contributed by atoms with Crippen LogP contribution in [0.3, 0.4) is 0 Å². The molecule has 0 unspecified atom stereocenters. The number of nitrogens with zero attached hydrogens (tertiary/aromatic N) is 2. The summed E-state index contributed by atoms with van der Waals surface area (Å²) in [6, 6.07) is 4.77. The second kappa shape index (κ2) is 7.13. The van der Waals surface area contributed by atoms with Gasteiger partial charge in [0.25, 0.3) is 0 Å². The molecule has 136 valence electrons. The summed E-state index contributed by atoms with van der Waals surface area (Å²) in [4.78, 5) is 39.4. The summed E-state index contributed by atoms with van der Waals surface area (Å²) in [5, 5.41) is 2.82.